The molecular formula is C46H74OSi. The molecule has 0 aliphatic heterocycles. The van der Waals surface area contributed by atoms with E-state index in [-0.39, 0.29) is 5.60 Å². The molecule has 0 aromatic heterocycles. The van der Waals surface area contributed by atoms with Crippen LogP contribution in [0.25, 0.3) is 0 Å². The number of unbranched alkanes of at least 4 members (excludes halogenated alkanes) is 3. The van der Waals surface area contributed by atoms with Gasteiger partial charge < -0.3 is 4.74 Å². The van der Waals surface area contributed by atoms with Crippen molar-refractivity contribution in [2.45, 2.75) is 173 Å². The van der Waals surface area contributed by atoms with E-state index in [1.807, 2.05) is 0 Å². The summed E-state index contributed by atoms with van der Waals surface area (Å²) in [5.74, 6) is 7.17. The summed E-state index contributed by atoms with van der Waals surface area (Å²) in [6.45, 7) is 20.2. The number of fused-ring (bicyclic) bond motifs is 2. The largest absolute Gasteiger partial charge is 0.376 e. The lowest BCUT2D eigenvalue weighted by molar-refractivity contribution is -0.00471. The highest BCUT2D eigenvalue weighted by Crippen LogP contribution is 2.68. The monoisotopic (exact) mass is 671 g/mol. The predicted molar refractivity (Wildman–Crippen MR) is 212 cm³/mol. The molecule has 10 unspecified atom stereocenters. The van der Waals surface area contributed by atoms with Gasteiger partial charge in [0.2, 0.25) is 0 Å². The van der Waals surface area contributed by atoms with E-state index < -0.39 is 8.07 Å². The highest BCUT2D eigenvalue weighted by Gasteiger charge is 2.61. The first-order valence-electron chi connectivity index (χ1n) is 20.8. The van der Waals surface area contributed by atoms with E-state index >= 15 is 0 Å². The summed E-state index contributed by atoms with van der Waals surface area (Å²) in [6, 6.07) is 25.0. The predicted octanol–water partition coefficient (Wildman–Crippen LogP) is 14.1. The summed E-state index contributed by atoms with van der Waals surface area (Å²) < 4.78 is 6.09. The van der Waals surface area contributed by atoms with E-state index in [4.69, 9.17) is 4.74 Å². The Labute approximate surface area is 298 Å². The van der Waals surface area contributed by atoms with Crippen LogP contribution in [-0.4, -0.2) is 20.3 Å². The third-order valence-electron chi connectivity index (χ3n) is 13.8. The molecular weight excluding hydrogens is 597 g/mol. The van der Waals surface area contributed by atoms with E-state index in [0.717, 1.165) is 65.0 Å². The maximum Gasteiger partial charge on any atom is 0.0598 e. The molecule has 4 saturated carbocycles. The van der Waals surface area contributed by atoms with Crippen molar-refractivity contribution in [3.63, 3.8) is 0 Å². The second kappa shape index (κ2) is 17.2. The molecule has 0 bridgehead atoms. The third kappa shape index (κ3) is 8.73. The van der Waals surface area contributed by atoms with Gasteiger partial charge in [-0.05, 0) is 122 Å². The fourth-order valence-electron chi connectivity index (χ4n) is 12.6. The van der Waals surface area contributed by atoms with Gasteiger partial charge >= 0.3 is 0 Å². The number of rotatable bonds is 11. The van der Waals surface area contributed by atoms with Crippen LogP contribution < -0.4 is 0 Å². The second-order valence-electron chi connectivity index (χ2n) is 18.4. The van der Waals surface area contributed by atoms with Crippen LogP contribution in [0.2, 0.25) is 23.7 Å². The van der Waals surface area contributed by atoms with Gasteiger partial charge in [-0.3, -0.25) is 0 Å². The minimum Gasteiger partial charge on any atom is -0.376 e. The van der Waals surface area contributed by atoms with Crippen molar-refractivity contribution in [2.75, 3.05) is 6.61 Å². The van der Waals surface area contributed by atoms with E-state index in [0.29, 0.717) is 0 Å². The van der Waals surface area contributed by atoms with Crippen molar-refractivity contribution in [1.29, 1.82) is 0 Å². The Hall–Kier alpha value is -1.38. The van der Waals surface area contributed by atoms with Crippen LogP contribution >= 0.6 is 0 Å². The van der Waals surface area contributed by atoms with Crippen LogP contribution in [0.15, 0.2) is 60.7 Å². The SMILES string of the molecule is CC1CC2C(c3ccccc3)CCCC2C1[Si](C)(CCCCCCOC(C)(C)C)C1C(C)CC2C(c3ccccc3)CCCC21.CCC. The first-order valence-corrected chi connectivity index (χ1v) is 23.7. The van der Waals surface area contributed by atoms with Gasteiger partial charge in [0, 0.05) is 6.61 Å². The van der Waals surface area contributed by atoms with Crippen molar-refractivity contribution < 1.29 is 4.74 Å². The molecule has 48 heavy (non-hydrogen) atoms. The number of hydrogen-bond donors (Lipinski definition) is 0. The van der Waals surface area contributed by atoms with Gasteiger partial charge in [0.05, 0.1) is 13.7 Å². The molecule has 4 fully saturated rings. The van der Waals surface area contributed by atoms with Gasteiger partial charge in [0.15, 0.2) is 0 Å². The van der Waals surface area contributed by atoms with E-state index in [2.05, 4.69) is 116 Å². The van der Waals surface area contributed by atoms with Crippen LogP contribution in [0.5, 0.6) is 0 Å². The Balaban J connectivity index is 0.00000145. The normalized spacial score (nSPS) is 34.4. The van der Waals surface area contributed by atoms with E-state index in [1.54, 1.807) is 17.2 Å². The fourth-order valence-corrected chi connectivity index (χ4v) is 20.3. The lowest BCUT2D eigenvalue weighted by atomic mass is 9.71. The molecule has 10 atom stereocenters. The molecule has 1 nitrogen and oxygen atoms in total. The molecule has 0 saturated heterocycles. The molecule has 0 N–H and O–H groups in total. The topological polar surface area (TPSA) is 9.23 Å². The lowest BCUT2D eigenvalue weighted by Crippen LogP contribution is -2.49. The minimum atomic E-state index is -1.62. The first kappa shape index (κ1) is 37.9. The van der Waals surface area contributed by atoms with Crippen molar-refractivity contribution in [3.05, 3.63) is 71.8 Å². The summed E-state index contributed by atoms with van der Waals surface area (Å²) in [5.41, 5.74) is 5.31. The van der Waals surface area contributed by atoms with Crippen LogP contribution in [0, 0.1) is 35.5 Å². The minimum absolute atomic E-state index is 0.00893. The molecule has 2 aromatic rings. The van der Waals surface area contributed by atoms with Crippen molar-refractivity contribution in [3.8, 4) is 0 Å². The van der Waals surface area contributed by atoms with Crippen LogP contribution in [0.4, 0.5) is 0 Å². The summed E-state index contributed by atoms with van der Waals surface area (Å²) in [5, 5.41) is 0. The first-order chi connectivity index (χ1) is 23.1. The molecule has 0 spiro atoms. The fraction of sp³-hybridized carbons (Fsp3) is 0.739. The Morgan fingerprint density at radius 2 is 1.06 bits per heavy atom. The van der Waals surface area contributed by atoms with Crippen molar-refractivity contribution in [2.24, 2.45) is 35.5 Å². The Bertz CT molecular complexity index is 1120. The van der Waals surface area contributed by atoms with Gasteiger partial charge in [-0.2, -0.15) is 0 Å². The summed E-state index contributed by atoms with van der Waals surface area (Å²) in [6.07, 6.45) is 18.4. The Morgan fingerprint density at radius 1 is 0.625 bits per heavy atom. The number of hydrogen-bond acceptors (Lipinski definition) is 1. The quantitative estimate of drug-likeness (QED) is 0.171. The molecule has 4 aliphatic rings. The Kier molecular flexibility index (Phi) is 13.6. The highest BCUT2D eigenvalue weighted by atomic mass is 28.3. The summed E-state index contributed by atoms with van der Waals surface area (Å²) in [4.78, 5) is 0. The van der Waals surface area contributed by atoms with Gasteiger partial charge in [-0.15, -0.1) is 0 Å². The number of ether oxygens (including phenoxy) is 1. The summed E-state index contributed by atoms with van der Waals surface area (Å²) >= 11 is 0. The molecule has 2 aromatic carbocycles. The molecule has 0 radical (unpaired) electrons. The van der Waals surface area contributed by atoms with Gasteiger partial charge in [-0.1, -0.05) is 152 Å². The molecule has 2 heteroatoms. The maximum atomic E-state index is 6.09. The maximum absolute atomic E-state index is 6.09. The van der Waals surface area contributed by atoms with E-state index in [1.165, 1.54) is 83.5 Å². The van der Waals surface area contributed by atoms with Crippen LogP contribution in [0.1, 0.15) is 155 Å². The zero-order valence-electron chi connectivity index (χ0n) is 32.6. The van der Waals surface area contributed by atoms with E-state index in [9.17, 15) is 0 Å². The van der Waals surface area contributed by atoms with Crippen molar-refractivity contribution in [1.82, 2.24) is 0 Å². The van der Waals surface area contributed by atoms with Gasteiger partial charge in [0.25, 0.3) is 0 Å². The molecule has 268 valence electrons. The van der Waals surface area contributed by atoms with Crippen molar-refractivity contribution >= 4 is 8.07 Å². The second-order valence-corrected chi connectivity index (χ2v) is 23.2. The zero-order chi connectivity index (χ0) is 34.3. The van der Waals surface area contributed by atoms with Crippen LogP contribution in [-0.2, 0) is 4.74 Å². The zero-order valence-corrected chi connectivity index (χ0v) is 33.6. The molecule has 0 amide bonds. The van der Waals surface area contributed by atoms with Gasteiger partial charge in [0.1, 0.15) is 0 Å². The lowest BCUT2D eigenvalue weighted by Gasteiger charge is -2.51. The average Bonchev–Trinajstić information content (AvgIpc) is 3.60. The van der Waals surface area contributed by atoms with Crippen LogP contribution in [0.3, 0.4) is 0 Å². The standard InChI is InChI=1S/C43H66OSi.C3H8/c1-31-29-39-35(33-19-11-9-12-20-33)23-17-25-37(39)41(31)45(6,28-16-8-7-15-27-44-43(3,4)5)42-32(2)30-40-36(24-18-26-38(40)42)34-21-13-10-14-22-34;1-3-2/h9-14,19-22,31-32,35-42H,7-8,15-18,23-30H2,1-6H3;3H2,1-2H3. The molecule has 4 aliphatic carbocycles. The molecule has 6 rings (SSSR count). The highest BCUT2D eigenvalue weighted by molar-refractivity contribution is 6.81. The molecule has 0 heterocycles. The summed E-state index contributed by atoms with van der Waals surface area (Å²) in [7, 11) is -1.62. The third-order valence-corrected chi connectivity index (χ3v) is 20.3. The Morgan fingerprint density at radius 3 is 1.50 bits per heavy atom. The average molecular weight is 671 g/mol. The smallest absolute Gasteiger partial charge is 0.0598 e. The van der Waals surface area contributed by atoms with Gasteiger partial charge in [-0.25, -0.2) is 0 Å². The number of benzene rings is 2.